The molecular weight excluding hydrogens is 370 g/mol. The number of nitrogens with one attached hydrogen (secondary N) is 1. The van der Waals surface area contributed by atoms with Gasteiger partial charge in [0.2, 0.25) is 5.95 Å². The van der Waals surface area contributed by atoms with Crippen LogP contribution < -0.4 is 5.32 Å². The lowest BCUT2D eigenvalue weighted by atomic mass is 10.1. The number of aryl methyl sites for hydroxylation is 1. The summed E-state index contributed by atoms with van der Waals surface area (Å²) in [4.78, 5) is 16.7. The molecule has 1 aliphatic rings. The van der Waals surface area contributed by atoms with Gasteiger partial charge in [-0.05, 0) is 56.0 Å². The number of aromatic nitrogens is 2. The first-order valence-corrected chi connectivity index (χ1v) is 11.4. The predicted molar refractivity (Wildman–Crippen MR) is 126 cm³/mol. The molecule has 160 valence electrons. The Bertz CT molecular complexity index is 981. The molecule has 1 N–H and O–H groups in total. The Labute approximate surface area is 180 Å². The van der Waals surface area contributed by atoms with Crippen LogP contribution in [-0.2, 0) is 6.54 Å². The van der Waals surface area contributed by atoms with Crippen LogP contribution in [0.3, 0.4) is 0 Å². The number of rotatable bonds is 5. The number of Topliss-reactive ketones (excluding diaryl/α,β-unsaturated/α-hetero) is 1. The quantitative estimate of drug-likeness (QED) is 0.364. The summed E-state index contributed by atoms with van der Waals surface area (Å²) in [5.41, 5.74) is 5.33. The van der Waals surface area contributed by atoms with Crippen LogP contribution in [0.15, 0.2) is 42.5 Å². The second kappa shape index (κ2) is 10.4. The van der Waals surface area contributed by atoms with Crippen molar-refractivity contribution in [3.63, 3.8) is 0 Å². The van der Waals surface area contributed by atoms with Crippen molar-refractivity contribution in [2.45, 2.75) is 78.8 Å². The van der Waals surface area contributed by atoms with E-state index in [4.69, 9.17) is 4.98 Å². The van der Waals surface area contributed by atoms with E-state index in [-0.39, 0.29) is 5.78 Å². The number of carbonyl (C=O) groups is 1. The highest BCUT2D eigenvalue weighted by molar-refractivity contribution is 5.97. The number of hydrogen-bond donors (Lipinski definition) is 1. The molecule has 1 heterocycles. The lowest BCUT2D eigenvalue weighted by molar-refractivity contribution is 0.101. The fraction of sp³-hybridized carbons (Fsp3) is 0.462. The van der Waals surface area contributed by atoms with E-state index in [1.165, 1.54) is 49.7 Å². The number of fused-ring (bicyclic) bond motifs is 1. The maximum Gasteiger partial charge on any atom is 0.204 e. The van der Waals surface area contributed by atoms with Crippen LogP contribution >= 0.6 is 0 Å². The van der Waals surface area contributed by atoms with E-state index in [2.05, 4.69) is 47.1 Å². The highest BCUT2D eigenvalue weighted by Gasteiger charge is 2.21. The van der Waals surface area contributed by atoms with Gasteiger partial charge in [0.25, 0.3) is 0 Å². The van der Waals surface area contributed by atoms with E-state index >= 15 is 0 Å². The van der Waals surface area contributed by atoms with Gasteiger partial charge in [-0.3, -0.25) is 4.79 Å². The Kier molecular flexibility index (Phi) is 7.67. The summed E-state index contributed by atoms with van der Waals surface area (Å²) in [7, 11) is 0. The zero-order valence-corrected chi connectivity index (χ0v) is 18.9. The molecule has 0 radical (unpaired) electrons. The molecule has 2 aromatic carbocycles. The van der Waals surface area contributed by atoms with Crippen molar-refractivity contribution in [1.29, 1.82) is 0 Å². The maximum atomic E-state index is 11.8. The van der Waals surface area contributed by atoms with Crippen LogP contribution in [0, 0.1) is 6.92 Å². The Hall–Kier alpha value is -2.62. The van der Waals surface area contributed by atoms with E-state index in [1.54, 1.807) is 6.92 Å². The summed E-state index contributed by atoms with van der Waals surface area (Å²) in [6.07, 6.45) is 7.57. The van der Waals surface area contributed by atoms with Crippen LogP contribution in [0.4, 0.5) is 5.95 Å². The van der Waals surface area contributed by atoms with Crippen LogP contribution in [0.2, 0.25) is 0 Å². The first-order valence-electron chi connectivity index (χ1n) is 11.4. The molecule has 3 aromatic rings. The van der Waals surface area contributed by atoms with Crippen molar-refractivity contribution in [1.82, 2.24) is 9.55 Å². The average Bonchev–Trinajstić information content (AvgIpc) is 2.92. The van der Waals surface area contributed by atoms with Crippen molar-refractivity contribution in [2.24, 2.45) is 0 Å². The van der Waals surface area contributed by atoms with Crippen LogP contribution in [-0.4, -0.2) is 15.3 Å². The van der Waals surface area contributed by atoms with Crippen LogP contribution in [0.1, 0.15) is 86.8 Å². The van der Waals surface area contributed by atoms with Gasteiger partial charge in [0.05, 0.1) is 11.0 Å². The standard InChI is InChI=1S/C24H29N3O.C2H6/c1-17-9-7-8-10-20(17)16-25-24-26-22-15-19(18(2)28)13-14-23(22)27(24)21-11-5-3-4-6-12-21;1-2/h7-10,13-15,21H,3-6,11-12,16H2,1-2H3,(H,25,26);1-2H3. The molecule has 0 saturated heterocycles. The largest absolute Gasteiger partial charge is 0.352 e. The Balaban J connectivity index is 0.00000124. The van der Waals surface area contributed by atoms with Crippen LogP contribution in [0.25, 0.3) is 11.0 Å². The molecule has 4 heteroatoms. The SMILES string of the molecule is CC.CC(=O)c1ccc2c(c1)nc(NCc1ccccc1C)n2C1CCCCCC1. The third-order valence-electron chi connectivity index (χ3n) is 5.98. The molecule has 0 aliphatic heterocycles. The number of anilines is 1. The summed E-state index contributed by atoms with van der Waals surface area (Å²) in [6.45, 7) is 8.51. The number of ketones is 1. The van der Waals surface area contributed by atoms with E-state index in [1.807, 2.05) is 26.0 Å². The van der Waals surface area contributed by atoms with Crippen molar-refractivity contribution in [3.8, 4) is 0 Å². The Morgan fingerprint density at radius 3 is 2.43 bits per heavy atom. The van der Waals surface area contributed by atoms with Gasteiger partial charge in [0, 0.05) is 18.2 Å². The second-order valence-corrected chi connectivity index (χ2v) is 7.99. The molecule has 0 unspecified atom stereocenters. The smallest absolute Gasteiger partial charge is 0.204 e. The average molecular weight is 406 g/mol. The van der Waals surface area contributed by atoms with Crippen molar-refractivity contribution in [3.05, 3.63) is 59.2 Å². The number of hydrogen-bond acceptors (Lipinski definition) is 3. The van der Waals surface area contributed by atoms with Crippen LogP contribution in [0.5, 0.6) is 0 Å². The van der Waals surface area contributed by atoms with Gasteiger partial charge >= 0.3 is 0 Å². The molecular formula is C26H35N3O. The molecule has 30 heavy (non-hydrogen) atoms. The lowest BCUT2D eigenvalue weighted by Gasteiger charge is -2.21. The summed E-state index contributed by atoms with van der Waals surface area (Å²) < 4.78 is 2.39. The number of imidazole rings is 1. The minimum atomic E-state index is 0.0836. The highest BCUT2D eigenvalue weighted by Crippen LogP contribution is 2.34. The molecule has 0 atom stereocenters. The molecule has 0 spiro atoms. The molecule has 1 fully saturated rings. The molecule has 0 bridgehead atoms. The summed E-state index contributed by atoms with van der Waals surface area (Å²) in [6, 6.07) is 14.9. The second-order valence-electron chi connectivity index (χ2n) is 7.99. The van der Waals surface area contributed by atoms with E-state index in [9.17, 15) is 4.79 Å². The van der Waals surface area contributed by atoms with Gasteiger partial charge in [-0.1, -0.05) is 63.8 Å². The molecule has 0 amide bonds. The van der Waals surface area contributed by atoms with E-state index in [0.29, 0.717) is 6.04 Å². The van der Waals surface area contributed by atoms with E-state index in [0.717, 1.165) is 29.1 Å². The van der Waals surface area contributed by atoms with Crippen molar-refractivity contribution < 1.29 is 4.79 Å². The highest BCUT2D eigenvalue weighted by atomic mass is 16.1. The number of benzene rings is 2. The number of carbonyl (C=O) groups excluding carboxylic acids is 1. The minimum Gasteiger partial charge on any atom is -0.352 e. The van der Waals surface area contributed by atoms with Gasteiger partial charge in [-0.15, -0.1) is 0 Å². The van der Waals surface area contributed by atoms with Gasteiger partial charge in [-0.2, -0.15) is 0 Å². The third-order valence-corrected chi connectivity index (χ3v) is 5.98. The normalized spacial score (nSPS) is 14.7. The van der Waals surface area contributed by atoms with Crippen molar-refractivity contribution in [2.75, 3.05) is 5.32 Å². The number of nitrogens with zero attached hydrogens (tertiary/aromatic N) is 2. The molecule has 1 aromatic heterocycles. The Morgan fingerprint density at radius 2 is 1.77 bits per heavy atom. The topological polar surface area (TPSA) is 46.9 Å². The molecule has 4 nitrogen and oxygen atoms in total. The van der Waals surface area contributed by atoms with Crippen molar-refractivity contribution >= 4 is 22.8 Å². The Morgan fingerprint density at radius 1 is 1.07 bits per heavy atom. The fourth-order valence-corrected chi connectivity index (χ4v) is 4.31. The maximum absolute atomic E-state index is 11.8. The van der Waals surface area contributed by atoms with Gasteiger partial charge in [0.15, 0.2) is 5.78 Å². The first kappa shape index (κ1) is 22.1. The fourth-order valence-electron chi connectivity index (χ4n) is 4.31. The third kappa shape index (κ3) is 4.92. The van der Waals surface area contributed by atoms with E-state index < -0.39 is 0 Å². The predicted octanol–water partition coefficient (Wildman–Crippen LogP) is 7.08. The summed E-state index contributed by atoms with van der Waals surface area (Å²) in [5.74, 6) is 1.01. The van der Waals surface area contributed by atoms with Gasteiger partial charge in [0.1, 0.15) is 0 Å². The summed E-state index contributed by atoms with van der Waals surface area (Å²) in [5, 5.41) is 3.59. The summed E-state index contributed by atoms with van der Waals surface area (Å²) >= 11 is 0. The zero-order valence-electron chi connectivity index (χ0n) is 18.9. The molecule has 1 saturated carbocycles. The zero-order chi connectivity index (χ0) is 21.5. The molecule has 4 rings (SSSR count). The lowest BCUT2D eigenvalue weighted by Crippen LogP contribution is -2.13. The van der Waals surface area contributed by atoms with Gasteiger partial charge in [-0.25, -0.2) is 4.98 Å². The minimum absolute atomic E-state index is 0.0836. The van der Waals surface area contributed by atoms with Gasteiger partial charge < -0.3 is 9.88 Å². The monoisotopic (exact) mass is 405 g/mol. The molecule has 1 aliphatic carbocycles. The first-order chi connectivity index (χ1) is 14.6.